The van der Waals surface area contributed by atoms with Crippen LogP contribution in [-0.2, 0) is 21.4 Å². The summed E-state index contributed by atoms with van der Waals surface area (Å²) >= 11 is 0. The number of anilines is 2. The van der Waals surface area contributed by atoms with E-state index in [0.717, 1.165) is 0 Å². The number of pyridine rings is 3. The van der Waals surface area contributed by atoms with Crippen molar-refractivity contribution in [3.63, 3.8) is 0 Å². The van der Waals surface area contributed by atoms with Crippen LogP contribution in [0.3, 0.4) is 0 Å². The van der Waals surface area contributed by atoms with E-state index in [9.17, 15) is 13.2 Å². The van der Waals surface area contributed by atoms with Gasteiger partial charge in [0.1, 0.15) is 16.5 Å². The third kappa shape index (κ3) is 4.67. The zero-order valence-electron chi connectivity index (χ0n) is 15.0. The van der Waals surface area contributed by atoms with Crippen molar-refractivity contribution < 1.29 is 13.2 Å². The highest BCUT2D eigenvalue weighted by Gasteiger charge is 2.19. The predicted octanol–water partition coefficient (Wildman–Crippen LogP) is 1.56. The van der Waals surface area contributed by atoms with Gasteiger partial charge in [-0.3, -0.25) is 9.78 Å². The van der Waals surface area contributed by atoms with E-state index >= 15 is 0 Å². The van der Waals surface area contributed by atoms with E-state index in [4.69, 9.17) is 5.73 Å². The second kappa shape index (κ2) is 8.11. The van der Waals surface area contributed by atoms with Crippen LogP contribution in [-0.4, -0.2) is 29.3 Å². The number of nitrogens with two attached hydrogens (primary N) is 1. The molecule has 3 rings (SSSR count). The molecule has 144 valence electrons. The van der Waals surface area contributed by atoms with Crippen LogP contribution in [0, 0.1) is 0 Å². The minimum Gasteiger partial charge on any atom is -0.383 e. The second-order valence-electron chi connectivity index (χ2n) is 5.90. The number of sulfonamides is 1. The van der Waals surface area contributed by atoms with E-state index in [0.29, 0.717) is 22.5 Å². The molecular formula is C18H18N6O3S. The smallest absolute Gasteiger partial charge is 0.244 e. The number of carbonyl (C=O) groups is 1. The van der Waals surface area contributed by atoms with Crippen molar-refractivity contribution in [3.8, 4) is 11.1 Å². The number of nitrogens with zero attached hydrogens (tertiary/aromatic N) is 3. The molecule has 0 aliphatic heterocycles. The Bertz CT molecular complexity index is 1100. The summed E-state index contributed by atoms with van der Waals surface area (Å²) in [6.45, 7) is 1.44. The molecular weight excluding hydrogens is 380 g/mol. The van der Waals surface area contributed by atoms with Gasteiger partial charge in [0.15, 0.2) is 0 Å². The van der Waals surface area contributed by atoms with Crippen LogP contribution in [0.25, 0.3) is 11.1 Å². The second-order valence-corrected chi connectivity index (χ2v) is 7.64. The van der Waals surface area contributed by atoms with Crippen molar-refractivity contribution in [2.45, 2.75) is 18.4 Å². The first kappa shape index (κ1) is 19.4. The Morgan fingerprint density at radius 3 is 2.64 bits per heavy atom. The largest absolute Gasteiger partial charge is 0.383 e. The monoisotopic (exact) mass is 398 g/mol. The highest BCUT2D eigenvalue weighted by molar-refractivity contribution is 7.89. The molecule has 3 heterocycles. The molecule has 4 N–H and O–H groups in total. The van der Waals surface area contributed by atoms with Crippen molar-refractivity contribution in [1.82, 2.24) is 19.7 Å². The molecule has 0 saturated heterocycles. The number of aromatic nitrogens is 3. The fraction of sp³-hybridized carbons (Fsp3) is 0.111. The van der Waals surface area contributed by atoms with Gasteiger partial charge in [-0.1, -0.05) is 6.07 Å². The fourth-order valence-corrected chi connectivity index (χ4v) is 3.57. The van der Waals surface area contributed by atoms with E-state index in [1.54, 1.807) is 36.7 Å². The lowest BCUT2D eigenvalue weighted by atomic mass is 10.1. The first-order valence-corrected chi connectivity index (χ1v) is 9.71. The van der Waals surface area contributed by atoms with Crippen molar-refractivity contribution in [1.29, 1.82) is 0 Å². The first-order chi connectivity index (χ1) is 13.3. The molecule has 10 heteroatoms. The van der Waals surface area contributed by atoms with Gasteiger partial charge in [0.25, 0.3) is 0 Å². The van der Waals surface area contributed by atoms with Gasteiger partial charge in [-0.2, -0.15) is 0 Å². The van der Waals surface area contributed by atoms with Gasteiger partial charge in [-0.25, -0.2) is 23.1 Å². The maximum atomic E-state index is 12.7. The van der Waals surface area contributed by atoms with Crippen molar-refractivity contribution in [2.24, 2.45) is 0 Å². The van der Waals surface area contributed by atoms with Crippen LogP contribution in [0.2, 0.25) is 0 Å². The van der Waals surface area contributed by atoms with E-state index in [1.807, 2.05) is 0 Å². The molecule has 0 atom stereocenters. The third-order valence-electron chi connectivity index (χ3n) is 3.76. The fourth-order valence-electron chi connectivity index (χ4n) is 2.45. The van der Waals surface area contributed by atoms with E-state index in [1.165, 1.54) is 25.4 Å². The number of rotatable bonds is 6. The van der Waals surface area contributed by atoms with Crippen LogP contribution < -0.4 is 15.8 Å². The Balaban J connectivity index is 1.90. The highest BCUT2D eigenvalue weighted by Crippen LogP contribution is 2.26. The number of hydrogen-bond donors (Lipinski definition) is 3. The van der Waals surface area contributed by atoms with Gasteiger partial charge < -0.3 is 11.1 Å². The zero-order chi connectivity index (χ0) is 20.1. The summed E-state index contributed by atoms with van der Waals surface area (Å²) in [5.74, 6) is -0.0255. The maximum Gasteiger partial charge on any atom is 0.244 e. The summed E-state index contributed by atoms with van der Waals surface area (Å²) in [5.41, 5.74) is 7.67. The Kier molecular flexibility index (Phi) is 5.62. The highest BCUT2D eigenvalue weighted by atomic mass is 32.2. The number of nitrogens with one attached hydrogen (secondary N) is 2. The normalized spacial score (nSPS) is 11.2. The summed E-state index contributed by atoms with van der Waals surface area (Å²) in [4.78, 5) is 23.1. The van der Waals surface area contributed by atoms with Gasteiger partial charge in [-0.15, -0.1) is 0 Å². The van der Waals surface area contributed by atoms with E-state index in [2.05, 4.69) is 25.0 Å². The topological polar surface area (TPSA) is 140 Å². The number of hydrogen-bond acceptors (Lipinski definition) is 7. The van der Waals surface area contributed by atoms with Gasteiger partial charge in [0, 0.05) is 43.8 Å². The SMILES string of the molecule is CC(=O)Nc1cc(-c2cnc(N)c(S(=O)(=O)NCc3cccnc3)c2)ccn1. The van der Waals surface area contributed by atoms with Crippen molar-refractivity contribution in [3.05, 3.63) is 60.7 Å². The van der Waals surface area contributed by atoms with Gasteiger partial charge >= 0.3 is 0 Å². The summed E-state index contributed by atoms with van der Waals surface area (Å²) in [5, 5.41) is 2.58. The molecule has 0 spiro atoms. The minimum atomic E-state index is -3.90. The molecule has 9 nitrogen and oxygen atoms in total. The number of nitrogen functional groups attached to an aromatic ring is 1. The third-order valence-corrected chi connectivity index (χ3v) is 5.19. The minimum absolute atomic E-state index is 0.0712. The summed E-state index contributed by atoms with van der Waals surface area (Å²) in [6.07, 6.45) is 6.14. The first-order valence-electron chi connectivity index (χ1n) is 8.23. The van der Waals surface area contributed by atoms with Crippen LogP contribution in [0.1, 0.15) is 12.5 Å². The standard InChI is InChI=1S/C18H18N6O3S/c1-12(25)24-17-8-14(4-6-21-17)15-7-16(18(19)22-11-15)28(26,27)23-10-13-3-2-5-20-9-13/h2-9,11,23H,10H2,1H3,(H2,19,22)(H,21,24,25). The molecule has 0 aliphatic carbocycles. The Hall–Kier alpha value is -3.37. The van der Waals surface area contributed by atoms with E-state index in [-0.39, 0.29) is 23.2 Å². The van der Waals surface area contributed by atoms with Crippen molar-refractivity contribution >= 4 is 27.6 Å². The zero-order valence-corrected chi connectivity index (χ0v) is 15.8. The molecule has 3 aromatic heterocycles. The lowest BCUT2D eigenvalue weighted by molar-refractivity contribution is -0.114. The number of amides is 1. The summed E-state index contributed by atoms with van der Waals surface area (Å²) in [6, 6.07) is 8.21. The van der Waals surface area contributed by atoms with E-state index < -0.39 is 10.0 Å². The van der Waals surface area contributed by atoms with Gasteiger partial charge in [0.05, 0.1) is 0 Å². The molecule has 0 bridgehead atoms. The molecule has 0 aromatic carbocycles. The quantitative estimate of drug-likeness (QED) is 0.572. The molecule has 28 heavy (non-hydrogen) atoms. The number of carbonyl (C=O) groups excluding carboxylic acids is 1. The lowest BCUT2D eigenvalue weighted by Gasteiger charge is -2.11. The predicted molar refractivity (Wildman–Crippen MR) is 104 cm³/mol. The molecule has 0 saturated carbocycles. The maximum absolute atomic E-state index is 12.7. The molecule has 3 aromatic rings. The van der Waals surface area contributed by atoms with Crippen molar-refractivity contribution in [2.75, 3.05) is 11.1 Å². The molecule has 0 fully saturated rings. The molecule has 0 radical (unpaired) electrons. The summed E-state index contributed by atoms with van der Waals surface area (Å²) < 4.78 is 27.9. The summed E-state index contributed by atoms with van der Waals surface area (Å²) in [7, 11) is -3.90. The molecule has 0 unspecified atom stereocenters. The van der Waals surface area contributed by atoms with Crippen LogP contribution in [0.15, 0.2) is 60.0 Å². The van der Waals surface area contributed by atoms with Crippen LogP contribution in [0.4, 0.5) is 11.6 Å². The van der Waals surface area contributed by atoms with Gasteiger partial charge in [0.2, 0.25) is 15.9 Å². The molecule has 1 amide bonds. The Labute approximate surface area is 162 Å². The Morgan fingerprint density at radius 2 is 1.93 bits per heavy atom. The van der Waals surface area contributed by atoms with Crippen LogP contribution in [0.5, 0.6) is 0 Å². The average Bonchev–Trinajstić information content (AvgIpc) is 2.67. The van der Waals surface area contributed by atoms with Crippen LogP contribution >= 0.6 is 0 Å². The average molecular weight is 398 g/mol. The lowest BCUT2D eigenvalue weighted by Crippen LogP contribution is -2.24. The Morgan fingerprint density at radius 1 is 1.11 bits per heavy atom. The van der Waals surface area contributed by atoms with Gasteiger partial charge in [-0.05, 0) is 35.4 Å². The molecule has 0 aliphatic rings.